The molecular weight excluding hydrogens is 389 g/mol. The average molecular weight is 404 g/mol. The van der Waals surface area contributed by atoms with Gasteiger partial charge in [0.2, 0.25) is 20.0 Å². The first kappa shape index (κ1) is 18.3. The molecule has 0 bridgehead atoms. The Morgan fingerprint density at radius 1 is 1.24 bits per heavy atom. The lowest BCUT2D eigenvalue weighted by Gasteiger charge is -2.10. The third-order valence-electron chi connectivity index (χ3n) is 2.37. The molecule has 7 nitrogen and oxygen atoms in total. The summed E-state index contributed by atoms with van der Waals surface area (Å²) in [5.41, 5.74) is 5.21. The number of nitrogen functional groups attached to an aromatic ring is 1. The molecule has 0 fully saturated rings. The molecule has 0 aliphatic rings. The van der Waals surface area contributed by atoms with Crippen molar-refractivity contribution >= 4 is 41.7 Å². The summed E-state index contributed by atoms with van der Waals surface area (Å²) in [5, 5.41) is 0. The van der Waals surface area contributed by atoms with Crippen molar-refractivity contribution in [3.05, 3.63) is 22.4 Å². The van der Waals surface area contributed by atoms with E-state index in [0.29, 0.717) is 0 Å². The molecule has 4 N–H and O–H groups in total. The van der Waals surface area contributed by atoms with E-state index in [2.05, 4.69) is 25.4 Å². The first-order valence-electron chi connectivity index (χ1n) is 5.80. The van der Waals surface area contributed by atoms with Crippen molar-refractivity contribution in [3.63, 3.8) is 0 Å². The number of hydrogen-bond acceptors (Lipinski definition) is 5. The van der Waals surface area contributed by atoms with Crippen LogP contribution in [0.15, 0.2) is 21.5 Å². The minimum Gasteiger partial charge on any atom is -0.398 e. The molecule has 1 rings (SSSR count). The van der Waals surface area contributed by atoms with Crippen LogP contribution in [0.3, 0.4) is 0 Å². The number of nitrogens with one attached hydrogen (secondary N) is 2. The second-order valence-electron chi connectivity index (χ2n) is 4.02. The van der Waals surface area contributed by atoms with Crippen LogP contribution in [0.2, 0.25) is 0 Å². The monoisotopic (exact) mass is 403 g/mol. The van der Waals surface area contributed by atoms with Gasteiger partial charge in [0.05, 0.1) is 15.9 Å². The second kappa shape index (κ2) is 7.01. The van der Waals surface area contributed by atoms with E-state index < -0.39 is 31.6 Å². The number of nitrogens with two attached hydrogens (primary N) is 1. The first-order valence-corrected chi connectivity index (χ1v) is 9.73. The fraction of sp³-hybridized carbons (Fsp3) is 0.400. The summed E-state index contributed by atoms with van der Waals surface area (Å²) in [6, 6.07) is 1.89. The van der Waals surface area contributed by atoms with Crippen LogP contribution in [0, 0.1) is 5.82 Å². The Bertz CT molecular complexity index is 722. The third-order valence-corrected chi connectivity index (χ3v) is 5.96. The molecular formula is C10H15BrFN3O4S2. The summed E-state index contributed by atoms with van der Waals surface area (Å²) >= 11 is 2.86. The Kier molecular flexibility index (Phi) is 6.11. The number of anilines is 1. The average Bonchev–Trinajstić information content (AvgIpc) is 2.32. The van der Waals surface area contributed by atoms with Crippen LogP contribution in [0.25, 0.3) is 0 Å². The Morgan fingerprint density at radius 3 is 2.43 bits per heavy atom. The molecule has 1 aromatic carbocycles. The molecule has 0 amide bonds. The highest BCUT2D eigenvalue weighted by molar-refractivity contribution is 9.10. The van der Waals surface area contributed by atoms with E-state index in [1.165, 1.54) is 0 Å². The molecule has 0 atom stereocenters. The molecule has 0 aliphatic heterocycles. The van der Waals surface area contributed by atoms with Gasteiger partial charge in [0.15, 0.2) is 0 Å². The van der Waals surface area contributed by atoms with Gasteiger partial charge in [0.25, 0.3) is 0 Å². The van der Waals surface area contributed by atoms with Gasteiger partial charge in [-0.3, -0.25) is 0 Å². The Morgan fingerprint density at radius 2 is 1.86 bits per heavy atom. The van der Waals surface area contributed by atoms with Crippen LogP contribution in [0.1, 0.15) is 6.92 Å². The lowest BCUT2D eigenvalue weighted by molar-refractivity contribution is 0.576. The van der Waals surface area contributed by atoms with Crippen molar-refractivity contribution < 1.29 is 21.2 Å². The van der Waals surface area contributed by atoms with Gasteiger partial charge in [-0.25, -0.2) is 30.7 Å². The fourth-order valence-corrected chi connectivity index (χ4v) is 4.20. The minimum atomic E-state index is -4.03. The molecule has 21 heavy (non-hydrogen) atoms. The smallest absolute Gasteiger partial charge is 0.242 e. The lowest BCUT2D eigenvalue weighted by Crippen LogP contribution is -2.34. The van der Waals surface area contributed by atoms with Gasteiger partial charge in [0.1, 0.15) is 10.7 Å². The Labute approximate surface area is 131 Å². The van der Waals surface area contributed by atoms with Crippen LogP contribution in [0.5, 0.6) is 0 Å². The van der Waals surface area contributed by atoms with Crippen molar-refractivity contribution in [3.8, 4) is 0 Å². The fourth-order valence-electron chi connectivity index (χ4n) is 1.46. The molecule has 11 heteroatoms. The number of halogens is 2. The van der Waals surface area contributed by atoms with Crippen molar-refractivity contribution in [2.45, 2.75) is 11.8 Å². The standard InChI is InChI=1S/C10H15BrFN3O4S2/c1-2-14-20(16,17)4-3-15-21(18,19)10-5-7(11)8(12)6-9(10)13/h5-6,14-15H,2-4,13H2,1H3. The molecule has 0 saturated heterocycles. The highest BCUT2D eigenvalue weighted by atomic mass is 79.9. The predicted octanol–water partition coefficient (Wildman–Crippen LogP) is 0.388. The Hall–Kier alpha value is -0.750. The minimum absolute atomic E-state index is 0.0580. The Balaban J connectivity index is 2.86. The maximum atomic E-state index is 13.2. The lowest BCUT2D eigenvalue weighted by atomic mass is 10.3. The summed E-state index contributed by atoms with van der Waals surface area (Å²) in [7, 11) is -7.57. The molecule has 0 radical (unpaired) electrons. The van der Waals surface area contributed by atoms with Crippen LogP contribution in [-0.4, -0.2) is 35.7 Å². The van der Waals surface area contributed by atoms with Gasteiger partial charge in [0, 0.05) is 13.1 Å². The van der Waals surface area contributed by atoms with Crippen LogP contribution in [0.4, 0.5) is 10.1 Å². The first-order chi connectivity index (χ1) is 9.59. The number of hydrogen-bond donors (Lipinski definition) is 3. The van der Waals surface area contributed by atoms with Crippen molar-refractivity contribution in [1.29, 1.82) is 0 Å². The van der Waals surface area contributed by atoms with Gasteiger partial charge in [-0.2, -0.15) is 0 Å². The van der Waals surface area contributed by atoms with Crippen molar-refractivity contribution in [1.82, 2.24) is 9.44 Å². The highest BCUT2D eigenvalue weighted by Crippen LogP contribution is 2.25. The van der Waals surface area contributed by atoms with Gasteiger partial charge in [-0.1, -0.05) is 6.92 Å². The molecule has 0 heterocycles. The van der Waals surface area contributed by atoms with Gasteiger partial charge >= 0.3 is 0 Å². The van der Waals surface area contributed by atoms with Crippen molar-refractivity contribution in [2.24, 2.45) is 0 Å². The normalized spacial score (nSPS) is 12.5. The highest BCUT2D eigenvalue weighted by Gasteiger charge is 2.20. The van der Waals surface area contributed by atoms with Crippen LogP contribution < -0.4 is 15.2 Å². The quantitative estimate of drug-likeness (QED) is 0.568. The van der Waals surface area contributed by atoms with E-state index in [-0.39, 0.29) is 28.1 Å². The predicted molar refractivity (Wildman–Crippen MR) is 81.2 cm³/mol. The maximum absolute atomic E-state index is 13.2. The molecule has 0 aliphatic carbocycles. The van der Waals surface area contributed by atoms with E-state index in [9.17, 15) is 21.2 Å². The zero-order chi connectivity index (χ0) is 16.3. The van der Waals surface area contributed by atoms with E-state index in [4.69, 9.17) is 5.73 Å². The molecule has 0 aromatic heterocycles. The topological polar surface area (TPSA) is 118 Å². The largest absolute Gasteiger partial charge is 0.398 e. The van der Waals surface area contributed by atoms with Crippen LogP contribution in [-0.2, 0) is 20.0 Å². The second-order valence-corrected chi connectivity index (χ2v) is 8.53. The van der Waals surface area contributed by atoms with Gasteiger partial charge in [-0.15, -0.1) is 0 Å². The van der Waals surface area contributed by atoms with Gasteiger partial charge in [-0.05, 0) is 28.1 Å². The summed E-state index contributed by atoms with van der Waals surface area (Å²) in [6.45, 7) is 1.50. The van der Waals surface area contributed by atoms with E-state index in [0.717, 1.165) is 12.1 Å². The summed E-state index contributed by atoms with van der Waals surface area (Å²) in [6.07, 6.45) is 0. The summed E-state index contributed by atoms with van der Waals surface area (Å²) in [5.74, 6) is -1.11. The van der Waals surface area contributed by atoms with Crippen LogP contribution >= 0.6 is 15.9 Å². The molecule has 1 aromatic rings. The van der Waals surface area contributed by atoms with Crippen molar-refractivity contribution in [2.75, 3.05) is 24.6 Å². The van der Waals surface area contributed by atoms with E-state index >= 15 is 0 Å². The van der Waals surface area contributed by atoms with E-state index in [1.54, 1.807) is 6.92 Å². The molecule has 0 unspecified atom stereocenters. The zero-order valence-corrected chi connectivity index (χ0v) is 14.3. The third kappa shape index (κ3) is 5.18. The summed E-state index contributed by atoms with van der Waals surface area (Å²) in [4.78, 5) is -0.323. The van der Waals surface area contributed by atoms with Gasteiger partial charge < -0.3 is 5.73 Å². The summed E-state index contributed by atoms with van der Waals surface area (Å²) < 4.78 is 64.3. The number of rotatable bonds is 7. The molecule has 120 valence electrons. The zero-order valence-electron chi connectivity index (χ0n) is 11.1. The molecule has 0 saturated carbocycles. The van der Waals surface area contributed by atoms with E-state index in [1.807, 2.05) is 0 Å². The number of benzene rings is 1. The SMILES string of the molecule is CCNS(=O)(=O)CCNS(=O)(=O)c1cc(Br)c(F)cc1N. The molecule has 0 spiro atoms. The number of sulfonamides is 2. The maximum Gasteiger partial charge on any atom is 0.242 e.